The molecule has 6 nitrogen and oxygen atoms in total. The summed E-state index contributed by atoms with van der Waals surface area (Å²) in [5.41, 5.74) is 0. The molecule has 0 unspecified atom stereocenters. The van der Waals surface area contributed by atoms with E-state index in [0.29, 0.717) is 16.9 Å². The van der Waals surface area contributed by atoms with E-state index in [1.165, 1.54) is 11.3 Å². The zero-order valence-electron chi connectivity index (χ0n) is 10.5. The second-order valence-electron chi connectivity index (χ2n) is 4.41. The number of nitrogens with zero attached hydrogens (tertiary/aromatic N) is 4. The van der Waals surface area contributed by atoms with Crippen LogP contribution in [0, 0.1) is 5.92 Å². The number of hydrogen-bond donors (Lipinski definition) is 1. The number of carbonyl (C=O) groups excluding carboxylic acids is 1. The molecule has 2 aromatic heterocycles. The number of imidazole rings is 1. The van der Waals surface area contributed by atoms with Crippen molar-refractivity contribution in [1.82, 2.24) is 19.7 Å². The number of carbonyl (C=O) groups is 1. The van der Waals surface area contributed by atoms with Crippen LogP contribution in [0.5, 0.6) is 0 Å². The zero-order valence-corrected chi connectivity index (χ0v) is 11.4. The highest BCUT2D eigenvalue weighted by molar-refractivity contribution is 7.15. The first-order chi connectivity index (χ1) is 8.56. The van der Waals surface area contributed by atoms with Gasteiger partial charge in [0.25, 0.3) is 5.91 Å². The van der Waals surface area contributed by atoms with Gasteiger partial charge in [-0.2, -0.15) is 0 Å². The van der Waals surface area contributed by atoms with Crippen LogP contribution >= 0.6 is 11.3 Å². The lowest BCUT2D eigenvalue weighted by Crippen LogP contribution is -2.16. The van der Waals surface area contributed by atoms with Crippen LogP contribution in [-0.2, 0) is 13.5 Å². The average molecular weight is 265 g/mol. The molecule has 2 rings (SSSR count). The Balaban J connectivity index is 2.04. The van der Waals surface area contributed by atoms with Gasteiger partial charge in [0.15, 0.2) is 5.82 Å². The maximum Gasteiger partial charge on any atom is 0.293 e. The number of aromatic nitrogens is 4. The van der Waals surface area contributed by atoms with Crippen molar-refractivity contribution in [3.8, 4) is 0 Å². The summed E-state index contributed by atoms with van der Waals surface area (Å²) >= 11 is 1.40. The van der Waals surface area contributed by atoms with Crippen LogP contribution in [-0.4, -0.2) is 25.7 Å². The molecule has 0 spiro atoms. The topological polar surface area (TPSA) is 72.7 Å². The number of amides is 1. The fourth-order valence-corrected chi connectivity index (χ4v) is 2.42. The minimum absolute atomic E-state index is 0.269. The zero-order chi connectivity index (χ0) is 13.1. The molecule has 0 saturated heterocycles. The Bertz CT molecular complexity index is 545. The summed E-state index contributed by atoms with van der Waals surface area (Å²) in [5, 5.41) is 12.1. The van der Waals surface area contributed by atoms with E-state index in [2.05, 4.69) is 34.3 Å². The van der Waals surface area contributed by atoms with Crippen molar-refractivity contribution in [1.29, 1.82) is 0 Å². The van der Waals surface area contributed by atoms with E-state index in [1.807, 2.05) is 0 Å². The summed E-state index contributed by atoms with van der Waals surface area (Å²) in [6, 6.07) is 0. The van der Waals surface area contributed by atoms with Gasteiger partial charge < -0.3 is 4.57 Å². The Hall–Kier alpha value is -1.76. The van der Waals surface area contributed by atoms with Gasteiger partial charge in [0.2, 0.25) is 5.13 Å². The van der Waals surface area contributed by atoms with Crippen molar-refractivity contribution in [2.24, 2.45) is 13.0 Å². The molecule has 0 aliphatic carbocycles. The molecule has 0 atom stereocenters. The second-order valence-corrected chi connectivity index (χ2v) is 5.48. The maximum atomic E-state index is 11.9. The molecule has 0 bridgehead atoms. The third-order valence-electron chi connectivity index (χ3n) is 2.29. The lowest BCUT2D eigenvalue weighted by atomic mass is 10.1. The van der Waals surface area contributed by atoms with Crippen LogP contribution in [0.1, 0.15) is 29.5 Å². The standard InChI is InChI=1S/C11H15N5OS/c1-7(2)6-8-14-15-11(18-8)13-10(17)9-12-4-5-16(9)3/h4-5,7H,6H2,1-3H3,(H,13,15,17). The van der Waals surface area contributed by atoms with E-state index in [1.54, 1.807) is 24.0 Å². The molecule has 1 amide bonds. The van der Waals surface area contributed by atoms with Gasteiger partial charge >= 0.3 is 0 Å². The summed E-state index contributed by atoms with van der Waals surface area (Å²) in [4.78, 5) is 15.8. The minimum atomic E-state index is -0.269. The first-order valence-electron chi connectivity index (χ1n) is 5.67. The van der Waals surface area contributed by atoms with Gasteiger partial charge in [-0.25, -0.2) is 4.98 Å². The van der Waals surface area contributed by atoms with Gasteiger partial charge in [0.1, 0.15) is 5.01 Å². The Kier molecular flexibility index (Phi) is 3.71. The maximum absolute atomic E-state index is 11.9. The third kappa shape index (κ3) is 2.92. The highest BCUT2D eigenvalue weighted by Gasteiger charge is 2.14. The molecular weight excluding hydrogens is 250 g/mol. The lowest BCUT2D eigenvalue weighted by Gasteiger charge is -2.00. The number of aryl methyl sites for hydroxylation is 1. The van der Waals surface area contributed by atoms with E-state index >= 15 is 0 Å². The number of anilines is 1. The molecule has 0 aromatic carbocycles. The first-order valence-corrected chi connectivity index (χ1v) is 6.49. The van der Waals surface area contributed by atoms with Crippen LogP contribution in [0.25, 0.3) is 0 Å². The Morgan fingerprint density at radius 1 is 1.50 bits per heavy atom. The molecule has 1 N–H and O–H groups in total. The molecule has 96 valence electrons. The lowest BCUT2D eigenvalue weighted by molar-refractivity contribution is 0.101. The highest BCUT2D eigenvalue weighted by Crippen LogP contribution is 2.18. The van der Waals surface area contributed by atoms with Crippen molar-refractivity contribution in [3.63, 3.8) is 0 Å². The molecule has 2 heterocycles. The molecule has 0 saturated carbocycles. The predicted octanol–water partition coefficient (Wildman–Crippen LogP) is 1.72. The van der Waals surface area contributed by atoms with E-state index in [4.69, 9.17) is 0 Å². The SMILES string of the molecule is CC(C)Cc1nnc(NC(=O)c2nccn2C)s1. The quantitative estimate of drug-likeness (QED) is 0.913. The molecule has 18 heavy (non-hydrogen) atoms. The van der Waals surface area contributed by atoms with Crippen molar-refractivity contribution in [2.75, 3.05) is 5.32 Å². The Labute approximate surface area is 109 Å². The van der Waals surface area contributed by atoms with E-state index < -0.39 is 0 Å². The average Bonchev–Trinajstić information content (AvgIpc) is 2.87. The van der Waals surface area contributed by atoms with Gasteiger partial charge in [-0.15, -0.1) is 10.2 Å². The van der Waals surface area contributed by atoms with E-state index in [9.17, 15) is 4.79 Å². The van der Waals surface area contributed by atoms with Crippen molar-refractivity contribution >= 4 is 22.4 Å². The number of rotatable bonds is 4. The van der Waals surface area contributed by atoms with Crippen LogP contribution in [0.4, 0.5) is 5.13 Å². The summed E-state index contributed by atoms with van der Waals surface area (Å²) in [7, 11) is 1.77. The minimum Gasteiger partial charge on any atom is -0.330 e. The van der Waals surface area contributed by atoms with Crippen LogP contribution in [0.15, 0.2) is 12.4 Å². The van der Waals surface area contributed by atoms with Crippen molar-refractivity contribution in [2.45, 2.75) is 20.3 Å². The summed E-state index contributed by atoms with van der Waals surface area (Å²) in [5.74, 6) is 0.612. The smallest absolute Gasteiger partial charge is 0.293 e. The number of hydrogen-bond acceptors (Lipinski definition) is 5. The predicted molar refractivity (Wildman–Crippen MR) is 69.6 cm³/mol. The van der Waals surface area contributed by atoms with E-state index in [-0.39, 0.29) is 5.91 Å². The molecule has 2 aromatic rings. The third-order valence-corrected chi connectivity index (χ3v) is 3.16. The van der Waals surface area contributed by atoms with Crippen LogP contribution in [0.2, 0.25) is 0 Å². The van der Waals surface area contributed by atoms with Gasteiger partial charge in [-0.1, -0.05) is 25.2 Å². The highest BCUT2D eigenvalue weighted by atomic mass is 32.1. The molecule has 0 radical (unpaired) electrons. The Morgan fingerprint density at radius 3 is 2.89 bits per heavy atom. The monoisotopic (exact) mass is 265 g/mol. The molecule has 0 aliphatic rings. The summed E-state index contributed by atoms with van der Waals surface area (Å²) < 4.78 is 1.66. The van der Waals surface area contributed by atoms with Crippen LogP contribution < -0.4 is 5.32 Å². The normalized spacial score (nSPS) is 10.9. The van der Waals surface area contributed by atoms with Gasteiger partial charge in [-0.3, -0.25) is 10.1 Å². The first kappa shape index (κ1) is 12.7. The van der Waals surface area contributed by atoms with Gasteiger partial charge in [0.05, 0.1) is 0 Å². The Morgan fingerprint density at radius 2 is 2.28 bits per heavy atom. The summed E-state index contributed by atoms with van der Waals surface area (Å²) in [6.07, 6.45) is 4.17. The molecular formula is C11H15N5OS. The number of nitrogens with one attached hydrogen (secondary N) is 1. The molecule has 7 heteroatoms. The van der Waals surface area contributed by atoms with Crippen molar-refractivity contribution in [3.05, 3.63) is 23.2 Å². The van der Waals surface area contributed by atoms with Gasteiger partial charge in [-0.05, 0) is 5.92 Å². The van der Waals surface area contributed by atoms with Gasteiger partial charge in [0, 0.05) is 25.9 Å². The second kappa shape index (κ2) is 5.26. The molecule has 0 fully saturated rings. The fourth-order valence-electron chi connectivity index (χ4n) is 1.47. The van der Waals surface area contributed by atoms with Crippen LogP contribution in [0.3, 0.4) is 0 Å². The summed E-state index contributed by atoms with van der Waals surface area (Å²) in [6.45, 7) is 4.24. The fraction of sp³-hybridized carbons (Fsp3) is 0.455. The van der Waals surface area contributed by atoms with E-state index in [0.717, 1.165) is 11.4 Å². The molecule has 0 aliphatic heterocycles. The largest absolute Gasteiger partial charge is 0.330 e. The van der Waals surface area contributed by atoms with Crippen molar-refractivity contribution < 1.29 is 4.79 Å².